The van der Waals surface area contributed by atoms with E-state index in [4.69, 9.17) is 0 Å². The van der Waals surface area contributed by atoms with E-state index in [9.17, 15) is 0 Å². The minimum absolute atomic E-state index is 0.543. The van der Waals surface area contributed by atoms with E-state index in [1.807, 2.05) is 6.08 Å². The van der Waals surface area contributed by atoms with Crippen LogP contribution in [0.2, 0.25) is 5.28 Å². The molecule has 0 saturated heterocycles. The predicted molar refractivity (Wildman–Crippen MR) is 50.9 cm³/mol. The van der Waals surface area contributed by atoms with Gasteiger partial charge < -0.3 is 0 Å². The molecule has 0 fully saturated rings. The van der Waals surface area contributed by atoms with Crippen LogP contribution in [0.5, 0.6) is 0 Å². The third kappa shape index (κ3) is 3.41. The van der Waals surface area contributed by atoms with Crippen LogP contribution in [-0.2, 0) is 5.28 Å². The summed E-state index contributed by atoms with van der Waals surface area (Å²) in [4.78, 5) is 0. The van der Waals surface area contributed by atoms with Gasteiger partial charge in [-0.05, 0) is 0 Å². The number of benzene rings is 1. The second-order valence-electron chi connectivity index (χ2n) is 2.50. The van der Waals surface area contributed by atoms with Gasteiger partial charge in [0.25, 0.3) is 0 Å². The van der Waals surface area contributed by atoms with Crippen LogP contribution >= 0.6 is 0 Å². The minimum atomic E-state index is 0.543. The van der Waals surface area contributed by atoms with E-state index in [1.54, 1.807) is 0 Å². The van der Waals surface area contributed by atoms with Gasteiger partial charge in [0.15, 0.2) is 0 Å². The normalized spacial score (nSPS) is 8.73. The fraction of sp³-hybridized carbons (Fsp3) is 0.200. The van der Waals surface area contributed by atoms with Crippen molar-refractivity contribution in [2.24, 2.45) is 0 Å². The van der Waals surface area contributed by atoms with Gasteiger partial charge in [-0.25, -0.2) is 0 Å². The molecule has 11 heavy (non-hydrogen) atoms. The molecule has 1 aromatic rings. The molecule has 0 unspecified atom stereocenters. The number of allylic oxidation sites excluding steroid dienone is 1. The zero-order valence-corrected chi connectivity index (χ0v) is 7.82. The van der Waals surface area contributed by atoms with E-state index in [1.165, 1.54) is 16.1 Å². The Hall–Kier alpha value is -0.508. The van der Waals surface area contributed by atoms with E-state index in [0.29, 0.717) is 15.2 Å². The first-order valence-corrected chi connectivity index (χ1v) is 5.53. The van der Waals surface area contributed by atoms with Crippen LogP contribution < -0.4 is 0 Å². The van der Waals surface area contributed by atoms with Crippen molar-refractivity contribution in [3.05, 3.63) is 48.6 Å². The van der Waals surface area contributed by atoms with Gasteiger partial charge in [-0.1, -0.05) is 0 Å². The summed E-state index contributed by atoms with van der Waals surface area (Å²) in [6.45, 7) is 3.71. The topological polar surface area (TPSA) is 0 Å². The van der Waals surface area contributed by atoms with E-state index >= 15 is 0 Å². The number of rotatable bonds is 4. The molecule has 1 aromatic carbocycles. The molecule has 54 valence electrons. The Morgan fingerprint density at radius 1 is 1.27 bits per heavy atom. The summed E-state index contributed by atoms with van der Waals surface area (Å²) in [5.74, 6) is 0. The molecule has 0 radical (unpaired) electrons. The zero-order chi connectivity index (χ0) is 7.94. The molecule has 0 saturated carbocycles. The first-order chi connectivity index (χ1) is 5.43. The van der Waals surface area contributed by atoms with Crippen LogP contribution in [0.1, 0.15) is 5.56 Å². The van der Waals surface area contributed by atoms with Crippen molar-refractivity contribution in [2.45, 2.75) is 10.6 Å². The van der Waals surface area contributed by atoms with Gasteiger partial charge in [0.2, 0.25) is 0 Å². The van der Waals surface area contributed by atoms with Crippen molar-refractivity contribution >= 4 is 15.2 Å². The average molecular weight is 159 g/mol. The van der Waals surface area contributed by atoms with Gasteiger partial charge in [0, 0.05) is 0 Å². The molecule has 0 aliphatic heterocycles. The van der Waals surface area contributed by atoms with E-state index < -0.39 is 0 Å². The molecule has 0 spiro atoms. The number of hydrogen-bond acceptors (Lipinski definition) is 0. The van der Waals surface area contributed by atoms with Crippen molar-refractivity contribution in [2.75, 3.05) is 0 Å². The van der Waals surface area contributed by atoms with Crippen LogP contribution in [-0.4, -0.2) is 15.2 Å². The summed E-state index contributed by atoms with van der Waals surface area (Å²) in [5.41, 5.74) is 1.46. The van der Waals surface area contributed by atoms with Crippen molar-refractivity contribution in [1.29, 1.82) is 0 Å². The fourth-order valence-electron chi connectivity index (χ4n) is 0.982. The molecular formula is C10H12Al+. The summed E-state index contributed by atoms with van der Waals surface area (Å²) in [6.07, 6.45) is 2.01. The predicted octanol–water partition coefficient (Wildman–Crippen LogP) is 2.50. The fourth-order valence-corrected chi connectivity index (χ4v) is 1.99. The van der Waals surface area contributed by atoms with Crippen LogP contribution in [0.15, 0.2) is 43.0 Å². The van der Waals surface area contributed by atoms with Gasteiger partial charge in [-0.15, -0.1) is 0 Å². The zero-order valence-electron chi connectivity index (χ0n) is 6.66. The van der Waals surface area contributed by atoms with Crippen molar-refractivity contribution in [3.8, 4) is 0 Å². The Kier molecular flexibility index (Phi) is 4.05. The summed E-state index contributed by atoms with van der Waals surface area (Å²) in [5, 5.41) is 2.46. The first-order valence-electron chi connectivity index (χ1n) is 3.90. The molecule has 1 heteroatoms. The summed E-state index contributed by atoms with van der Waals surface area (Å²) in [6, 6.07) is 10.6. The second kappa shape index (κ2) is 5.18. The summed E-state index contributed by atoms with van der Waals surface area (Å²) in [7, 11) is 0. The molecule has 0 atom stereocenters. The monoisotopic (exact) mass is 159 g/mol. The Bertz CT molecular complexity index is 203. The Balaban J connectivity index is 2.33. The summed E-state index contributed by atoms with van der Waals surface area (Å²) >= 11 is 0.543. The molecule has 0 aliphatic rings. The molecule has 0 heterocycles. The molecule has 0 amide bonds. The standard InChI is InChI=1S/C7H7.C3H5.Al/c1-7-5-3-2-4-6-7;1-3-2;/h2-6H,1H2;3H,1-2H2;/q;;+1. The molecule has 0 bridgehead atoms. The molecule has 0 N–H and O–H groups in total. The molecule has 0 aromatic heterocycles. The van der Waals surface area contributed by atoms with Crippen molar-refractivity contribution < 1.29 is 0 Å². The SMILES string of the molecule is C=C[CH2][Al+][CH2]c1ccccc1. The second-order valence-corrected chi connectivity index (χ2v) is 3.96. The van der Waals surface area contributed by atoms with Gasteiger partial charge in [0.05, 0.1) is 0 Å². The van der Waals surface area contributed by atoms with Crippen LogP contribution in [0.3, 0.4) is 0 Å². The molecule has 0 aliphatic carbocycles. The van der Waals surface area contributed by atoms with Crippen LogP contribution in [0, 0.1) is 0 Å². The molecule has 1 rings (SSSR count). The third-order valence-corrected chi connectivity index (χ3v) is 2.98. The van der Waals surface area contributed by atoms with Crippen LogP contribution in [0.25, 0.3) is 0 Å². The Morgan fingerprint density at radius 3 is 2.64 bits per heavy atom. The maximum atomic E-state index is 3.71. The van der Waals surface area contributed by atoms with E-state index in [-0.39, 0.29) is 0 Å². The van der Waals surface area contributed by atoms with E-state index in [0.717, 1.165) is 0 Å². The van der Waals surface area contributed by atoms with Gasteiger partial charge >= 0.3 is 74.3 Å². The van der Waals surface area contributed by atoms with Crippen LogP contribution in [0.4, 0.5) is 0 Å². The molecular weight excluding hydrogens is 147 g/mol. The molecule has 0 nitrogen and oxygen atoms in total. The first kappa shape index (κ1) is 8.59. The van der Waals surface area contributed by atoms with Gasteiger partial charge in [-0.2, -0.15) is 0 Å². The quantitative estimate of drug-likeness (QED) is 0.359. The average Bonchev–Trinajstić information content (AvgIpc) is 2.07. The van der Waals surface area contributed by atoms with Crippen molar-refractivity contribution in [3.63, 3.8) is 0 Å². The van der Waals surface area contributed by atoms with Crippen molar-refractivity contribution in [1.82, 2.24) is 0 Å². The summed E-state index contributed by atoms with van der Waals surface area (Å²) < 4.78 is 0. The number of hydrogen-bond donors (Lipinski definition) is 0. The van der Waals surface area contributed by atoms with E-state index in [2.05, 4.69) is 36.9 Å². The van der Waals surface area contributed by atoms with Gasteiger partial charge in [-0.3, -0.25) is 0 Å². The third-order valence-electron chi connectivity index (χ3n) is 1.56. The maximum absolute atomic E-state index is 3.71. The van der Waals surface area contributed by atoms with Gasteiger partial charge in [0.1, 0.15) is 0 Å². The Labute approximate surface area is 74.7 Å². The Morgan fingerprint density at radius 2 is 2.00 bits per heavy atom.